The van der Waals surface area contributed by atoms with Crippen LogP contribution in [0.4, 0.5) is 27.8 Å². The number of amides is 1. The van der Waals surface area contributed by atoms with Crippen molar-refractivity contribution in [3.63, 3.8) is 0 Å². The summed E-state index contributed by atoms with van der Waals surface area (Å²) in [6.45, 7) is -0.820. The van der Waals surface area contributed by atoms with Crippen LogP contribution in [0.2, 0.25) is 10.0 Å². The first-order chi connectivity index (χ1) is 16.7. The van der Waals surface area contributed by atoms with Gasteiger partial charge < -0.3 is 14.5 Å². The smallest absolute Gasteiger partial charge is 0.292 e. The van der Waals surface area contributed by atoms with Crippen LogP contribution in [0.5, 0.6) is 5.75 Å². The molecule has 0 aliphatic carbocycles. The van der Waals surface area contributed by atoms with Crippen LogP contribution < -0.4 is 10.1 Å². The second-order valence-corrected chi connectivity index (χ2v) is 7.79. The zero-order chi connectivity index (χ0) is 25.3. The minimum absolute atomic E-state index is 0.0517. The van der Waals surface area contributed by atoms with E-state index in [-0.39, 0.29) is 23.2 Å². The van der Waals surface area contributed by atoms with Crippen molar-refractivity contribution in [1.29, 1.82) is 0 Å². The first kappa shape index (κ1) is 24.6. The number of halogens is 7. The number of rotatable bonds is 7. The fourth-order valence-corrected chi connectivity index (χ4v) is 3.31. The maximum absolute atomic E-state index is 13.9. The quantitative estimate of drug-likeness (QED) is 0.171. The van der Waals surface area contributed by atoms with Crippen molar-refractivity contribution >= 4 is 34.9 Å². The molecule has 2 heterocycles. The molecule has 182 valence electrons. The Morgan fingerprint density at radius 2 is 1.66 bits per heavy atom. The standard InChI is InChI=1S/C22H12Cl2F5N3O3/c23-12-2-1-3-13(16(12)24)34-9-10-4-5-14(35-10)22(33)30-15-6-7-32(31-15)8-11-17(25)19(27)21(29)20(28)18(11)26/h1-7H,8-9H2,(H,30,31,33). The van der Waals surface area contributed by atoms with Crippen LogP contribution in [-0.4, -0.2) is 15.7 Å². The molecule has 0 aliphatic rings. The van der Waals surface area contributed by atoms with Crippen molar-refractivity contribution in [3.8, 4) is 5.75 Å². The molecule has 0 atom stereocenters. The fraction of sp³-hybridized carbons (Fsp3) is 0.0909. The lowest BCUT2D eigenvalue weighted by Gasteiger charge is -2.08. The summed E-state index contributed by atoms with van der Waals surface area (Å²) in [6, 6.07) is 8.98. The van der Waals surface area contributed by atoms with Gasteiger partial charge in [0, 0.05) is 12.3 Å². The number of anilines is 1. The van der Waals surface area contributed by atoms with Gasteiger partial charge in [0.2, 0.25) is 5.82 Å². The van der Waals surface area contributed by atoms with Crippen LogP contribution >= 0.6 is 23.2 Å². The van der Waals surface area contributed by atoms with E-state index in [0.717, 1.165) is 4.68 Å². The molecule has 35 heavy (non-hydrogen) atoms. The molecule has 4 rings (SSSR count). The summed E-state index contributed by atoms with van der Waals surface area (Å²) < 4.78 is 79.5. The number of furan rings is 1. The van der Waals surface area contributed by atoms with Crippen molar-refractivity contribution in [1.82, 2.24) is 9.78 Å². The van der Waals surface area contributed by atoms with E-state index in [9.17, 15) is 26.7 Å². The summed E-state index contributed by atoms with van der Waals surface area (Å²) in [7, 11) is 0. The molecule has 0 aliphatic heterocycles. The molecular weight excluding hydrogens is 520 g/mol. The molecule has 0 bridgehead atoms. The summed E-state index contributed by atoms with van der Waals surface area (Å²) in [4.78, 5) is 12.4. The zero-order valence-corrected chi connectivity index (χ0v) is 18.7. The molecule has 0 unspecified atom stereocenters. The molecule has 4 aromatic rings. The van der Waals surface area contributed by atoms with E-state index in [0.29, 0.717) is 16.5 Å². The molecule has 0 radical (unpaired) electrons. The Kier molecular flexibility index (Phi) is 6.99. The van der Waals surface area contributed by atoms with Crippen LogP contribution in [0.15, 0.2) is 47.0 Å². The third kappa shape index (κ3) is 5.10. The van der Waals surface area contributed by atoms with Gasteiger partial charge in [-0.15, -0.1) is 0 Å². The highest BCUT2D eigenvalue weighted by Gasteiger charge is 2.26. The van der Waals surface area contributed by atoms with Crippen LogP contribution in [0, 0.1) is 29.1 Å². The molecule has 1 amide bonds. The summed E-state index contributed by atoms with van der Waals surface area (Å²) >= 11 is 12.0. The van der Waals surface area contributed by atoms with Gasteiger partial charge >= 0.3 is 0 Å². The second-order valence-electron chi connectivity index (χ2n) is 7.01. The number of carbonyl (C=O) groups is 1. The lowest BCUT2D eigenvalue weighted by molar-refractivity contribution is 0.0992. The van der Waals surface area contributed by atoms with E-state index >= 15 is 0 Å². The fourth-order valence-electron chi connectivity index (χ4n) is 2.97. The van der Waals surface area contributed by atoms with Crippen molar-refractivity contribution in [2.24, 2.45) is 0 Å². The Hall–Kier alpha value is -3.57. The number of ether oxygens (including phenoxy) is 1. The van der Waals surface area contributed by atoms with Crippen LogP contribution in [-0.2, 0) is 13.2 Å². The summed E-state index contributed by atoms with van der Waals surface area (Å²) in [5, 5.41) is 6.78. The highest BCUT2D eigenvalue weighted by molar-refractivity contribution is 6.42. The van der Waals surface area contributed by atoms with Crippen molar-refractivity contribution in [2.75, 3.05) is 5.32 Å². The molecule has 13 heteroatoms. The van der Waals surface area contributed by atoms with Gasteiger partial charge in [0.05, 0.1) is 17.1 Å². The largest absolute Gasteiger partial charge is 0.484 e. The molecule has 6 nitrogen and oxygen atoms in total. The first-order valence-electron chi connectivity index (χ1n) is 9.66. The van der Waals surface area contributed by atoms with Crippen LogP contribution in [0.3, 0.4) is 0 Å². The number of hydrogen-bond donors (Lipinski definition) is 1. The molecule has 2 aromatic carbocycles. The van der Waals surface area contributed by atoms with Gasteiger partial charge in [0.15, 0.2) is 34.8 Å². The molecule has 0 fully saturated rings. The van der Waals surface area contributed by atoms with Gasteiger partial charge in [-0.25, -0.2) is 22.0 Å². The summed E-state index contributed by atoms with van der Waals surface area (Å²) in [5.41, 5.74) is -1.07. The first-order valence-corrected chi connectivity index (χ1v) is 10.4. The van der Waals surface area contributed by atoms with Gasteiger partial charge in [-0.05, 0) is 24.3 Å². The predicted octanol–water partition coefficient (Wildman–Crippen LogP) is 6.36. The van der Waals surface area contributed by atoms with Gasteiger partial charge in [0.1, 0.15) is 23.1 Å². The van der Waals surface area contributed by atoms with Crippen LogP contribution in [0.1, 0.15) is 21.9 Å². The summed E-state index contributed by atoms with van der Waals surface area (Å²) in [5.74, 6) is -10.6. The average molecular weight is 532 g/mol. The number of nitrogens with one attached hydrogen (secondary N) is 1. The minimum atomic E-state index is -2.25. The highest BCUT2D eigenvalue weighted by Crippen LogP contribution is 2.32. The molecule has 1 N–H and O–H groups in total. The Morgan fingerprint density at radius 3 is 2.37 bits per heavy atom. The molecule has 0 spiro atoms. The topological polar surface area (TPSA) is 69.3 Å². The van der Waals surface area contributed by atoms with Crippen molar-refractivity contribution < 1.29 is 35.9 Å². The highest BCUT2D eigenvalue weighted by atomic mass is 35.5. The molecule has 0 saturated carbocycles. The van der Waals surface area contributed by atoms with E-state index < -0.39 is 47.1 Å². The maximum Gasteiger partial charge on any atom is 0.292 e. The number of benzene rings is 2. The van der Waals surface area contributed by atoms with Crippen molar-refractivity contribution in [2.45, 2.75) is 13.2 Å². The number of hydrogen-bond acceptors (Lipinski definition) is 4. The SMILES string of the molecule is O=C(Nc1ccn(Cc2c(F)c(F)c(F)c(F)c2F)n1)c1ccc(COc2cccc(Cl)c2Cl)o1. The Labute approximate surface area is 203 Å². The molecule has 0 saturated heterocycles. The van der Waals surface area contributed by atoms with E-state index in [2.05, 4.69) is 10.4 Å². The van der Waals surface area contributed by atoms with E-state index in [1.165, 1.54) is 24.4 Å². The summed E-state index contributed by atoms with van der Waals surface area (Å²) in [6.07, 6.45) is 1.18. The van der Waals surface area contributed by atoms with E-state index in [4.69, 9.17) is 32.4 Å². The third-order valence-corrected chi connectivity index (χ3v) is 5.48. The Balaban J connectivity index is 1.40. The van der Waals surface area contributed by atoms with Gasteiger partial charge in [0.25, 0.3) is 5.91 Å². The monoisotopic (exact) mass is 531 g/mol. The number of carbonyl (C=O) groups excluding carboxylic acids is 1. The lowest BCUT2D eigenvalue weighted by Crippen LogP contribution is -2.13. The average Bonchev–Trinajstić information content (AvgIpc) is 3.50. The predicted molar refractivity (Wildman–Crippen MR) is 115 cm³/mol. The van der Waals surface area contributed by atoms with Crippen molar-refractivity contribution in [3.05, 3.63) is 98.8 Å². The van der Waals surface area contributed by atoms with Gasteiger partial charge in [-0.1, -0.05) is 29.3 Å². The van der Waals surface area contributed by atoms with Crippen LogP contribution in [0.25, 0.3) is 0 Å². The van der Waals surface area contributed by atoms with E-state index in [1.807, 2.05) is 0 Å². The second kappa shape index (κ2) is 9.96. The minimum Gasteiger partial charge on any atom is -0.484 e. The lowest BCUT2D eigenvalue weighted by atomic mass is 10.1. The van der Waals surface area contributed by atoms with Gasteiger partial charge in [-0.3, -0.25) is 9.48 Å². The zero-order valence-electron chi connectivity index (χ0n) is 17.2. The molecule has 2 aromatic heterocycles. The molecular formula is C22H12Cl2F5N3O3. The number of nitrogens with zero attached hydrogens (tertiary/aromatic N) is 2. The van der Waals surface area contributed by atoms with Gasteiger partial charge in [-0.2, -0.15) is 5.10 Å². The Morgan fingerprint density at radius 1 is 0.971 bits per heavy atom. The maximum atomic E-state index is 13.9. The van der Waals surface area contributed by atoms with E-state index in [1.54, 1.807) is 18.2 Å². The third-order valence-electron chi connectivity index (χ3n) is 4.67. The normalized spacial score (nSPS) is 11.1. The number of aromatic nitrogens is 2. The Bertz CT molecular complexity index is 1390.